The van der Waals surface area contributed by atoms with Gasteiger partial charge >= 0.3 is 0 Å². The van der Waals surface area contributed by atoms with E-state index in [0.717, 1.165) is 10.0 Å². The van der Waals surface area contributed by atoms with Gasteiger partial charge < -0.3 is 9.77 Å². The van der Waals surface area contributed by atoms with Crippen molar-refractivity contribution >= 4 is 49.8 Å². The maximum absolute atomic E-state index is 8.36. The number of benzene rings is 1. The van der Waals surface area contributed by atoms with Crippen molar-refractivity contribution < 1.29 is 10.3 Å². The minimum Gasteiger partial charge on any atom is -0.328 e. The third-order valence-corrected chi connectivity index (χ3v) is 3.16. The van der Waals surface area contributed by atoms with E-state index < -0.39 is 5.09 Å². The summed E-state index contributed by atoms with van der Waals surface area (Å²) in [6, 6.07) is 5.37. The van der Waals surface area contributed by atoms with E-state index in [1.807, 2.05) is 23.0 Å². The molecule has 20 heavy (non-hydrogen) atoms. The average molecular weight is 381 g/mol. The van der Waals surface area contributed by atoms with Crippen LogP contribution < -0.4 is 0 Å². The molecule has 2 rings (SSSR count). The molecule has 0 aliphatic carbocycles. The predicted octanol–water partition coefficient (Wildman–Crippen LogP) is 4.19. The van der Waals surface area contributed by atoms with Crippen LogP contribution in [0.4, 0.5) is 0 Å². The minimum atomic E-state index is -1.50. The second-order valence-corrected chi connectivity index (χ2v) is 5.05. The molecule has 0 radical (unpaired) electrons. The summed E-state index contributed by atoms with van der Waals surface area (Å²) in [7, 11) is 0. The van der Waals surface area contributed by atoms with Gasteiger partial charge in [0.25, 0.3) is 5.09 Å². The largest absolute Gasteiger partial charge is 0.328 e. The van der Waals surface area contributed by atoms with Crippen molar-refractivity contribution in [2.24, 2.45) is 0 Å². The van der Waals surface area contributed by atoms with Crippen LogP contribution in [-0.2, 0) is 0 Å². The van der Waals surface area contributed by atoms with Crippen LogP contribution >= 0.6 is 39.1 Å². The molecule has 1 N–H and O–H groups in total. The van der Waals surface area contributed by atoms with E-state index in [4.69, 9.17) is 38.5 Å². The van der Waals surface area contributed by atoms with Crippen LogP contribution in [-0.4, -0.2) is 19.8 Å². The number of nitrogens with zero attached hydrogens (tertiary/aromatic N) is 3. The Morgan fingerprint density at radius 3 is 2.65 bits per heavy atom. The lowest BCUT2D eigenvalue weighted by molar-refractivity contribution is -0.742. The SMILES string of the molecule is Clc1ccc(C(Br)=Cn2ccnc2)c(Cl)c1.O=[N+]([O-])O. The highest BCUT2D eigenvalue weighted by Gasteiger charge is 2.04. The summed E-state index contributed by atoms with van der Waals surface area (Å²) in [5.74, 6) is 0. The lowest BCUT2D eigenvalue weighted by Gasteiger charge is -2.03. The molecule has 0 saturated carbocycles. The van der Waals surface area contributed by atoms with Crippen LogP contribution in [0.2, 0.25) is 10.0 Å². The molecule has 106 valence electrons. The Labute approximate surface area is 132 Å². The molecular formula is C11H8BrCl2N3O3. The molecule has 0 fully saturated rings. The molecule has 6 nitrogen and oxygen atoms in total. The number of imidazole rings is 1. The third kappa shape index (κ3) is 5.60. The van der Waals surface area contributed by atoms with E-state index in [2.05, 4.69) is 20.9 Å². The number of aromatic nitrogens is 2. The van der Waals surface area contributed by atoms with Crippen molar-refractivity contribution in [1.29, 1.82) is 0 Å². The number of rotatable bonds is 2. The molecule has 0 aliphatic rings. The number of hydrogen-bond acceptors (Lipinski definition) is 3. The van der Waals surface area contributed by atoms with Crippen molar-refractivity contribution in [3.63, 3.8) is 0 Å². The van der Waals surface area contributed by atoms with Gasteiger partial charge in [-0.15, -0.1) is 10.1 Å². The van der Waals surface area contributed by atoms with E-state index in [1.165, 1.54) is 0 Å². The standard InChI is InChI=1S/C11H7BrCl2N2.HNO3/c12-10(6-16-4-3-15-7-16)9-2-1-8(13)5-11(9)14;2-1(3)4/h1-7H;(H,2,3,4). The number of hydrogen-bond donors (Lipinski definition) is 1. The fraction of sp³-hybridized carbons (Fsp3) is 0. The van der Waals surface area contributed by atoms with Gasteiger partial charge in [-0.3, -0.25) is 0 Å². The molecule has 1 heterocycles. The Hall–Kier alpha value is -1.57. The van der Waals surface area contributed by atoms with Crippen molar-refractivity contribution in [1.82, 2.24) is 9.55 Å². The lowest BCUT2D eigenvalue weighted by atomic mass is 10.2. The van der Waals surface area contributed by atoms with Gasteiger partial charge in [0.2, 0.25) is 0 Å². The molecular weight excluding hydrogens is 373 g/mol. The molecule has 9 heteroatoms. The molecule has 1 aromatic carbocycles. The van der Waals surface area contributed by atoms with E-state index in [9.17, 15) is 0 Å². The van der Waals surface area contributed by atoms with Crippen LogP contribution in [0.5, 0.6) is 0 Å². The van der Waals surface area contributed by atoms with Gasteiger partial charge in [0.15, 0.2) is 0 Å². The summed E-state index contributed by atoms with van der Waals surface area (Å²) >= 11 is 15.4. The average Bonchev–Trinajstić information content (AvgIpc) is 2.80. The fourth-order valence-corrected chi connectivity index (χ4v) is 2.44. The van der Waals surface area contributed by atoms with Crippen LogP contribution in [0.15, 0.2) is 36.9 Å². The predicted molar refractivity (Wildman–Crippen MR) is 80.6 cm³/mol. The molecule has 0 amide bonds. The first-order valence-corrected chi connectivity index (χ1v) is 6.58. The molecule has 1 aromatic heterocycles. The van der Waals surface area contributed by atoms with Crippen molar-refractivity contribution in [2.75, 3.05) is 0 Å². The lowest BCUT2D eigenvalue weighted by Crippen LogP contribution is -1.84. The van der Waals surface area contributed by atoms with E-state index in [1.54, 1.807) is 24.7 Å². The zero-order valence-electron chi connectivity index (χ0n) is 9.78. The Balaban J connectivity index is 0.000000444. The van der Waals surface area contributed by atoms with Crippen molar-refractivity contribution in [2.45, 2.75) is 0 Å². The van der Waals surface area contributed by atoms with Gasteiger partial charge in [0.05, 0.1) is 11.3 Å². The minimum absolute atomic E-state index is 0.607. The Bertz CT molecular complexity index is 613. The Morgan fingerprint density at radius 1 is 1.50 bits per heavy atom. The third-order valence-electron chi connectivity index (χ3n) is 1.98. The maximum atomic E-state index is 8.36. The quantitative estimate of drug-likeness (QED) is 0.625. The van der Waals surface area contributed by atoms with Crippen molar-refractivity contribution in [3.8, 4) is 0 Å². The first-order chi connectivity index (χ1) is 9.40. The molecule has 0 spiro atoms. The zero-order valence-corrected chi connectivity index (χ0v) is 12.9. The van der Waals surface area contributed by atoms with Gasteiger partial charge in [-0.2, -0.15) is 0 Å². The smallest absolute Gasteiger partial charge is 0.291 e. The summed E-state index contributed by atoms with van der Waals surface area (Å²) in [6.45, 7) is 0. The monoisotopic (exact) mass is 379 g/mol. The van der Waals surface area contributed by atoms with Gasteiger partial charge in [-0.05, 0) is 28.1 Å². The highest BCUT2D eigenvalue weighted by molar-refractivity contribution is 9.15. The molecule has 2 aromatic rings. The highest BCUT2D eigenvalue weighted by Crippen LogP contribution is 2.30. The summed E-state index contributed by atoms with van der Waals surface area (Å²) in [5, 5.41) is 14.9. The van der Waals surface area contributed by atoms with Crippen LogP contribution in [0.25, 0.3) is 10.7 Å². The van der Waals surface area contributed by atoms with Gasteiger partial charge in [0.1, 0.15) is 0 Å². The fourth-order valence-electron chi connectivity index (χ4n) is 1.23. The summed E-state index contributed by atoms with van der Waals surface area (Å²) < 4.78 is 2.70. The van der Waals surface area contributed by atoms with E-state index >= 15 is 0 Å². The van der Waals surface area contributed by atoms with Gasteiger partial charge in [-0.1, -0.05) is 29.3 Å². The van der Waals surface area contributed by atoms with Crippen LogP contribution in [0.3, 0.4) is 0 Å². The Morgan fingerprint density at radius 2 is 2.15 bits per heavy atom. The first-order valence-electron chi connectivity index (χ1n) is 5.03. The number of halogens is 3. The first kappa shape index (κ1) is 16.5. The topological polar surface area (TPSA) is 81.2 Å². The molecule has 0 aliphatic heterocycles. The zero-order chi connectivity index (χ0) is 15.1. The second-order valence-electron chi connectivity index (χ2n) is 3.35. The summed E-state index contributed by atoms with van der Waals surface area (Å²) in [5.41, 5.74) is 0.889. The van der Waals surface area contributed by atoms with Crippen molar-refractivity contribution in [3.05, 3.63) is 62.6 Å². The second kappa shape index (κ2) is 7.88. The highest BCUT2D eigenvalue weighted by atomic mass is 79.9. The molecule has 0 saturated heterocycles. The molecule has 0 atom stereocenters. The van der Waals surface area contributed by atoms with E-state index in [-0.39, 0.29) is 0 Å². The summed E-state index contributed by atoms with van der Waals surface area (Å²) in [6.07, 6.45) is 7.12. The molecule has 0 unspecified atom stereocenters. The maximum Gasteiger partial charge on any atom is 0.291 e. The Kier molecular flexibility index (Phi) is 6.50. The normalized spacial score (nSPS) is 10.7. The van der Waals surface area contributed by atoms with Crippen LogP contribution in [0.1, 0.15) is 5.56 Å². The van der Waals surface area contributed by atoms with Crippen LogP contribution in [0, 0.1) is 10.1 Å². The van der Waals surface area contributed by atoms with E-state index in [0.29, 0.717) is 10.0 Å². The van der Waals surface area contributed by atoms with Gasteiger partial charge in [0, 0.05) is 33.7 Å². The summed E-state index contributed by atoms with van der Waals surface area (Å²) in [4.78, 5) is 12.3. The van der Waals surface area contributed by atoms with Gasteiger partial charge in [-0.25, -0.2) is 4.98 Å². The molecule has 0 bridgehead atoms.